The second-order valence-electron chi connectivity index (χ2n) is 19.3. The van der Waals surface area contributed by atoms with Gasteiger partial charge in [-0.2, -0.15) is 0 Å². The molecule has 0 bridgehead atoms. The fourth-order valence-corrected chi connectivity index (χ4v) is 11.8. The molecule has 2 aliphatic heterocycles. The smallest absolute Gasteiger partial charge is 0.481 e. The van der Waals surface area contributed by atoms with Gasteiger partial charge >= 0.3 is 25.0 Å². The number of aliphatic carboxylic acids is 3. The number of carbonyl (C=O) groups excluding carboxylic acids is 2. The maximum Gasteiger partial charge on any atom is 0.499 e. The highest BCUT2D eigenvalue weighted by atomic mass is 35.5. The van der Waals surface area contributed by atoms with Crippen LogP contribution in [0, 0.1) is 0 Å². The van der Waals surface area contributed by atoms with Crippen molar-refractivity contribution in [2.24, 2.45) is 5.73 Å². The van der Waals surface area contributed by atoms with E-state index in [1.165, 1.54) is 106 Å². The van der Waals surface area contributed by atoms with Gasteiger partial charge in [-0.25, -0.2) is 19.7 Å². The van der Waals surface area contributed by atoms with Gasteiger partial charge in [0.2, 0.25) is 0 Å². The minimum Gasteiger partial charge on any atom is -0.481 e. The lowest BCUT2D eigenvalue weighted by Crippen LogP contribution is -2.31. The first-order chi connectivity index (χ1) is 42.0. The van der Waals surface area contributed by atoms with Crippen LogP contribution < -0.4 is 15.8 Å². The standard InChI is InChI=1S/C23H26N4O2S.C13H7ClN2OS.C8H4Cl2N2.C8H18N2.C5H5BO3S.C3H4O4/c28-23(29)8-6-17-5-7-22(30-17)21-15-20(18-16-24-11-9-19(18)26-21)25-10-4-14-27-12-2-1-3-13-27;14-10-5-12(13-2-1-8(7-17)18-13)16-11-3-4-15-6-9(10)11;9-6-3-8(10)12-7-1-2-11-4-5(6)7;9-5-4-8-10-6-2-1-3-7-10;7-3-4-1-2-5(10-4)6(8)9;4-2(5)1-3(6)7/h5-9,11,15-16H,1-4,10,12-14H2,(H,25,26)(H,28,29);1-7H;1-4H;1-9H2;1-3,8-9H;1H2,(H,4,5)(H,6,7)/b8-6+;;;;;. The Hall–Kier alpha value is -7.20. The van der Waals surface area contributed by atoms with Gasteiger partial charge in [-0.1, -0.05) is 53.7 Å². The Morgan fingerprint density at radius 1 is 0.598 bits per heavy atom. The zero-order chi connectivity index (χ0) is 62.5. The van der Waals surface area contributed by atoms with Crippen LogP contribution >= 0.6 is 68.8 Å². The molecule has 27 heteroatoms. The van der Waals surface area contributed by atoms with Gasteiger partial charge in [0.15, 0.2) is 12.6 Å². The number of thiophene rings is 3. The minimum atomic E-state index is -1.46. The van der Waals surface area contributed by atoms with E-state index in [0.29, 0.717) is 36.0 Å². The van der Waals surface area contributed by atoms with Crippen LogP contribution in [0.1, 0.15) is 82.0 Å². The number of pyridine rings is 6. The average molecular weight is 1300 g/mol. The van der Waals surface area contributed by atoms with Crippen molar-refractivity contribution < 1.29 is 49.3 Å². The van der Waals surface area contributed by atoms with E-state index >= 15 is 0 Å². The van der Waals surface area contributed by atoms with Crippen LogP contribution in [0.25, 0.3) is 59.9 Å². The number of nitrogens with one attached hydrogen (secondary N) is 1. The Morgan fingerprint density at radius 3 is 1.57 bits per heavy atom. The summed E-state index contributed by atoms with van der Waals surface area (Å²) in [7, 11) is -1.46. The van der Waals surface area contributed by atoms with Crippen molar-refractivity contribution in [1.82, 2.24) is 39.7 Å². The van der Waals surface area contributed by atoms with Crippen LogP contribution in [0.4, 0.5) is 5.69 Å². The number of carboxylic acids is 3. The Labute approximate surface area is 529 Å². The molecule has 0 atom stereocenters. The summed E-state index contributed by atoms with van der Waals surface area (Å²) in [6.45, 7) is 9.16. The Morgan fingerprint density at radius 2 is 1.08 bits per heavy atom. The van der Waals surface area contributed by atoms with E-state index < -0.39 is 31.4 Å². The first-order valence-electron chi connectivity index (χ1n) is 27.5. The summed E-state index contributed by atoms with van der Waals surface area (Å²) in [5.74, 6) is -3.57. The van der Waals surface area contributed by atoms with Crippen molar-refractivity contribution >= 4 is 156 Å². The third kappa shape index (κ3) is 23.4. The molecule has 0 radical (unpaired) electrons. The number of halogens is 3. The van der Waals surface area contributed by atoms with Crippen molar-refractivity contribution in [1.29, 1.82) is 0 Å². The molecule has 2 aliphatic rings. The monoisotopic (exact) mass is 1300 g/mol. The number of aldehydes is 2. The number of anilines is 1. The van der Waals surface area contributed by atoms with Crippen LogP contribution in [-0.4, -0.2) is 155 Å². The maximum atomic E-state index is 10.8. The van der Waals surface area contributed by atoms with Gasteiger partial charge in [-0.05, 0) is 157 Å². The zero-order valence-corrected chi connectivity index (χ0v) is 51.8. The summed E-state index contributed by atoms with van der Waals surface area (Å²) < 4.78 is 0.391. The van der Waals surface area contributed by atoms with Crippen molar-refractivity contribution in [3.63, 3.8) is 0 Å². The number of carbonyl (C=O) groups is 5. The third-order valence-electron chi connectivity index (χ3n) is 12.8. The molecule has 2 saturated heterocycles. The molecule has 0 spiro atoms. The molecule has 11 rings (SSSR count). The molecule has 0 amide bonds. The first kappa shape index (κ1) is 68.9. The number of aromatic nitrogens is 6. The highest BCUT2D eigenvalue weighted by molar-refractivity contribution is 7.23. The fraction of sp³-hybridized carbons (Fsp3) is 0.283. The second-order valence-corrected chi connectivity index (χ2v) is 23.8. The van der Waals surface area contributed by atoms with Crippen LogP contribution in [0.2, 0.25) is 15.2 Å². The van der Waals surface area contributed by atoms with Crippen molar-refractivity contribution in [2.75, 3.05) is 57.7 Å². The summed E-state index contributed by atoms with van der Waals surface area (Å²) in [6, 6.07) is 21.6. The molecule has 9 aromatic rings. The number of carboxylic acid groups (broad SMARTS) is 3. The van der Waals surface area contributed by atoms with Crippen molar-refractivity contribution in [3.05, 3.63) is 146 Å². The lowest BCUT2D eigenvalue weighted by molar-refractivity contribution is -0.147. The number of rotatable bonds is 17. The van der Waals surface area contributed by atoms with Crippen LogP contribution in [0.3, 0.4) is 0 Å². The van der Waals surface area contributed by atoms with E-state index in [1.807, 2.05) is 36.5 Å². The van der Waals surface area contributed by atoms with Gasteiger partial charge in [0.05, 0.1) is 57.5 Å². The Balaban J connectivity index is 0.000000181. The van der Waals surface area contributed by atoms with E-state index in [-0.39, 0.29) is 0 Å². The summed E-state index contributed by atoms with van der Waals surface area (Å²) in [4.78, 5) is 85.1. The van der Waals surface area contributed by atoms with Crippen LogP contribution in [0.15, 0.2) is 116 Å². The highest BCUT2D eigenvalue weighted by Gasteiger charge is 2.15. The lowest BCUT2D eigenvalue weighted by Gasteiger charge is -2.26. The van der Waals surface area contributed by atoms with E-state index in [9.17, 15) is 24.0 Å². The molecule has 11 heterocycles. The number of piperidine rings is 2. The number of nitrogens with two attached hydrogens (primary N) is 1. The van der Waals surface area contributed by atoms with Gasteiger partial charge in [0.1, 0.15) is 11.6 Å². The number of hydrogen-bond donors (Lipinski definition) is 7. The largest absolute Gasteiger partial charge is 0.499 e. The predicted octanol–water partition coefficient (Wildman–Crippen LogP) is 11.1. The molecule has 0 saturated carbocycles. The quantitative estimate of drug-likeness (QED) is 0.0111. The molecule has 8 N–H and O–H groups in total. The lowest BCUT2D eigenvalue weighted by atomic mass is 9.90. The van der Waals surface area contributed by atoms with Gasteiger partial charge in [0.25, 0.3) is 0 Å². The molecule has 456 valence electrons. The van der Waals surface area contributed by atoms with Crippen LogP contribution in [-0.2, 0) is 14.4 Å². The fourth-order valence-electron chi connectivity index (χ4n) is 8.69. The van der Waals surface area contributed by atoms with Crippen molar-refractivity contribution in [3.8, 4) is 21.1 Å². The summed E-state index contributed by atoms with van der Waals surface area (Å²) in [5.41, 5.74) is 10.6. The Bertz CT molecular complexity index is 3700. The molecule has 0 aliphatic carbocycles. The van der Waals surface area contributed by atoms with E-state index in [0.717, 1.165) is 114 Å². The second kappa shape index (κ2) is 36.8. The zero-order valence-electron chi connectivity index (χ0n) is 47.1. The molecule has 0 aromatic carbocycles. The average Bonchev–Trinajstić information content (AvgIpc) is 4.19. The van der Waals surface area contributed by atoms with Crippen LogP contribution in [0.5, 0.6) is 0 Å². The van der Waals surface area contributed by atoms with E-state index in [4.69, 9.17) is 70.9 Å². The molecular formula is C60H64BCl3N10O10S3. The highest BCUT2D eigenvalue weighted by Crippen LogP contribution is 2.34. The summed E-state index contributed by atoms with van der Waals surface area (Å²) in [6.07, 6.45) is 24.3. The normalized spacial score (nSPS) is 13.0. The topological polar surface area (TPSA) is 308 Å². The minimum absolute atomic E-state index is 0.391. The van der Waals surface area contributed by atoms with E-state index in [1.54, 1.807) is 67.4 Å². The molecule has 20 nitrogen and oxygen atoms in total. The molecule has 9 aromatic heterocycles. The number of likely N-dealkylation sites (tertiary alicyclic amines) is 2. The number of nitrogens with zero attached hydrogens (tertiary/aromatic N) is 8. The van der Waals surface area contributed by atoms with Gasteiger partial charge in [-0.15, -0.1) is 34.0 Å². The summed E-state index contributed by atoms with van der Waals surface area (Å²) in [5, 5.41) is 49.3. The number of fused-ring (bicyclic) bond motifs is 3. The summed E-state index contributed by atoms with van der Waals surface area (Å²) >= 11 is 21.8. The molecule has 2 fully saturated rings. The van der Waals surface area contributed by atoms with Gasteiger partial charge in [0, 0.05) is 81.3 Å². The molecular weight excluding hydrogens is 1230 g/mol. The Kier molecular flexibility index (Phi) is 29.2. The molecule has 0 unspecified atom stereocenters. The van der Waals surface area contributed by atoms with Gasteiger partial charge in [-0.3, -0.25) is 34.1 Å². The predicted molar refractivity (Wildman–Crippen MR) is 349 cm³/mol. The molecule has 87 heavy (non-hydrogen) atoms. The third-order valence-corrected chi connectivity index (χ3v) is 16.8. The maximum absolute atomic E-state index is 10.8. The SMILES string of the molecule is Clc1cc(Cl)c2cnccc2n1.NCCCN1CCCCC1.O=C(O)/C=C/c1ccc(-c2cc(NCCCN3CCCCC3)c3cnccc3n2)s1.O=C(O)CC(=O)O.O=Cc1ccc(-c2cc(Cl)c3cnccc3n2)s1.O=Cc1ccc(B(O)O)s1. The van der Waals surface area contributed by atoms with Crippen molar-refractivity contribution in [2.45, 2.75) is 57.8 Å². The number of hydrogen-bond acceptors (Lipinski definition) is 20. The first-order valence-corrected chi connectivity index (χ1v) is 31.1. The van der Waals surface area contributed by atoms with Gasteiger partial charge < -0.3 is 46.2 Å². The van der Waals surface area contributed by atoms with E-state index in [2.05, 4.69) is 46.1 Å².